The van der Waals surface area contributed by atoms with Gasteiger partial charge in [0.15, 0.2) is 6.19 Å². The largest absolute Gasteiger partial charge is 0.272 e. The van der Waals surface area contributed by atoms with E-state index >= 15 is 0 Å². The molecule has 0 atom stereocenters. The molecule has 88 valence electrons. The molecule has 0 amide bonds. The topological polar surface area (TPSA) is 30.3 Å². The van der Waals surface area contributed by atoms with Crippen LogP contribution in [0.1, 0.15) is 25.7 Å². The minimum Gasteiger partial charge on any atom is -0.272 e. The standard InChI is InChI=1S/C13H14BrN3/c14-12-3-1-2-4-13(12)17-11-7-5-10(6-8-11)16(17)9-15/h1-4,10-11H,5-8H2. The Morgan fingerprint density at radius 1 is 1.12 bits per heavy atom. The van der Waals surface area contributed by atoms with Crippen molar-refractivity contribution in [2.24, 2.45) is 0 Å². The van der Waals surface area contributed by atoms with E-state index in [0.717, 1.165) is 23.0 Å². The highest BCUT2D eigenvalue weighted by atomic mass is 79.9. The van der Waals surface area contributed by atoms with Crippen LogP contribution < -0.4 is 5.01 Å². The Morgan fingerprint density at radius 2 is 1.76 bits per heavy atom. The average molecular weight is 292 g/mol. The van der Waals surface area contributed by atoms with E-state index in [9.17, 15) is 5.26 Å². The first-order chi connectivity index (χ1) is 8.31. The number of rotatable bonds is 1. The number of nitrogens with zero attached hydrogens (tertiary/aromatic N) is 3. The molecule has 1 aromatic rings. The second-order valence-corrected chi connectivity index (χ2v) is 5.56. The van der Waals surface area contributed by atoms with Crippen LogP contribution in [0, 0.1) is 11.5 Å². The Kier molecular flexibility index (Phi) is 2.71. The number of halogens is 1. The Hall–Kier alpha value is -1.21. The quantitative estimate of drug-likeness (QED) is 0.744. The summed E-state index contributed by atoms with van der Waals surface area (Å²) in [5.74, 6) is 0. The molecule has 0 spiro atoms. The Bertz CT molecular complexity index is 460. The van der Waals surface area contributed by atoms with Crippen LogP contribution in [0.5, 0.6) is 0 Å². The van der Waals surface area contributed by atoms with Crippen LogP contribution in [0.2, 0.25) is 0 Å². The second kappa shape index (κ2) is 4.23. The molecular weight excluding hydrogens is 278 g/mol. The van der Waals surface area contributed by atoms with E-state index < -0.39 is 0 Å². The first kappa shape index (κ1) is 10.9. The molecule has 1 aliphatic carbocycles. The summed E-state index contributed by atoms with van der Waals surface area (Å²) in [7, 11) is 0. The summed E-state index contributed by atoms with van der Waals surface area (Å²) in [6.07, 6.45) is 7.05. The van der Waals surface area contributed by atoms with Crippen molar-refractivity contribution in [3.63, 3.8) is 0 Å². The number of benzene rings is 1. The number of hydrogen-bond donors (Lipinski definition) is 0. The van der Waals surface area contributed by atoms with Gasteiger partial charge in [0.05, 0.1) is 17.8 Å². The molecule has 3 nitrogen and oxygen atoms in total. The number of hydrazine groups is 1. The third kappa shape index (κ3) is 1.69. The molecule has 2 heterocycles. The van der Waals surface area contributed by atoms with Crippen LogP contribution in [-0.2, 0) is 0 Å². The summed E-state index contributed by atoms with van der Waals surface area (Å²) in [5.41, 5.74) is 1.11. The predicted octanol–water partition coefficient (Wildman–Crippen LogP) is 3.28. The Labute approximate surface area is 110 Å². The monoisotopic (exact) mass is 291 g/mol. The molecule has 0 aromatic heterocycles. The minimum absolute atomic E-state index is 0.400. The van der Waals surface area contributed by atoms with E-state index in [1.54, 1.807) is 0 Å². The molecule has 2 saturated heterocycles. The first-order valence-corrected chi connectivity index (χ1v) is 6.83. The van der Waals surface area contributed by atoms with Crippen LogP contribution in [0.15, 0.2) is 28.7 Å². The van der Waals surface area contributed by atoms with Gasteiger partial charge in [0.1, 0.15) is 0 Å². The van der Waals surface area contributed by atoms with Crippen LogP contribution >= 0.6 is 15.9 Å². The fourth-order valence-corrected chi connectivity index (χ4v) is 3.45. The van der Waals surface area contributed by atoms with Gasteiger partial charge in [-0.15, -0.1) is 0 Å². The lowest BCUT2D eigenvalue weighted by Gasteiger charge is -2.52. The maximum Gasteiger partial charge on any atom is 0.200 e. The second-order valence-electron chi connectivity index (χ2n) is 4.70. The van der Waals surface area contributed by atoms with Gasteiger partial charge in [0, 0.05) is 4.47 Å². The maximum absolute atomic E-state index is 9.35. The van der Waals surface area contributed by atoms with Gasteiger partial charge in [-0.25, -0.2) is 5.01 Å². The highest BCUT2D eigenvalue weighted by Gasteiger charge is 2.40. The van der Waals surface area contributed by atoms with Crippen molar-refractivity contribution in [3.05, 3.63) is 28.7 Å². The number of fused-ring (bicyclic) bond motifs is 3. The molecule has 3 aliphatic rings. The van der Waals surface area contributed by atoms with Crippen LogP contribution in [0.3, 0.4) is 0 Å². The normalized spacial score (nSPS) is 27.1. The molecule has 0 unspecified atom stereocenters. The van der Waals surface area contributed by atoms with Crippen molar-refractivity contribution in [1.29, 1.82) is 5.26 Å². The molecular formula is C13H14BrN3. The number of nitriles is 1. The van der Waals surface area contributed by atoms with Gasteiger partial charge in [0.25, 0.3) is 0 Å². The van der Waals surface area contributed by atoms with E-state index in [1.165, 1.54) is 12.8 Å². The fraction of sp³-hybridized carbons (Fsp3) is 0.462. The third-order valence-corrected chi connectivity index (χ3v) is 4.46. The maximum atomic E-state index is 9.35. The molecule has 2 aliphatic heterocycles. The van der Waals surface area contributed by atoms with Gasteiger partial charge in [0.2, 0.25) is 0 Å². The number of para-hydroxylation sites is 1. The Morgan fingerprint density at radius 3 is 2.41 bits per heavy atom. The van der Waals surface area contributed by atoms with Crippen molar-refractivity contribution in [1.82, 2.24) is 5.01 Å². The zero-order chi connectivity index (χ0) is 11.8. The zero-order valence-electron chi connectivity index (χ0n) is 9.51. The van der Waals surface area contributed by atoms with Gasteiger partial charge in [-0.05, 0) is 53.7 Å². The third-order valence-electron chi connectivity index (χ3n) is 3.79. The van der Waals surface area contributed by atoms with E-state index in [0.29, 0.717) is 12.1 Å². The van der Waals surface area contributed by atoms with E-state index in [-0.39, 0.29) is 0 Å². The van der Waals surface area contributed by atoms with Crippen molar-refractivity contribution in [2.45, 2.75) is 37.8 Å². The van der Waals surface area contributed by atoms with E-state index in [4.69, 9.17) is 0 Å². The van der Waals surface area contributed by atoms with Crippen LogP contribution in [0.4, 0.5) is 5.69 Å². The SMILES string of the molecule is N#CN1C2CCC(CC2)N1c1ccccc1Br. The molecule has 1 aromatic carbocycles. The predicted molar refractivity (Wildman–Crippen MR) is 70.1 cm³/mol. The summed E-state index contributed by atoms with van der Waals surface area (Å²) in [5, 5.41) is 13.4. The van der Waals surface area contributed by atoms with Gasteiger partial charge < -0.3 is 0 Å². The van der Waals surface area contributed by atoms with E-state index in [1.807, 2.05) is 23.2 Å². The fourth-order valence-electron chi connectivity index (χ4n) is 2.98. The summed E-state index contributed by atoms with van der Waals surface area (Å²) in [4.78, 5) is 0. The molecule has 3 fully saturated rings. The number of anilines is 1. The van der Waals surface area contributed by atoms with Crippen molar-refractivity contribution in [2.75, 3.05) is 5.01 Å². The van der Waals surface area contributed by atoms with Crippen molar-refractivity contribution in [3.8, 4) is 6.19 Å². The van der Waals surface area contributed by atoms with E-state index in [2.05, 4.69) is 33.2 Å². The van der Waals surface area contributed by atoms with Crippen molar-refractivity contribution >= 4 is 21.6 Å². The molecule has 1 saturated carbocycles. The summed E-state index contributed by atoms with van der Waals surface area (Å²) in [6, 6.07) is 9.03. The van der Waals surface area contributed by atoms with Gasteiger partial charge in [-0.3, -0.25) is 5.01 Å². The smallest absolute Gasteiger partial charge is 0.200 e. The van der Waals surface area contributed by atoms with Crippen molar-refractivity contribution < 1.29 is 0 Å². The highest BCUT2D eigenvalue weighted by Crippen LogP contribution is 2.40. The Balaban J connectivity index is 2.02. The van der Waals surface area contributed by atoms with Gasteiger partial charge in [-0.2, -0.15) is 5.26 Å². The summed E-state index contributed by atoms with van der Waals surface area (Å²) >= 11 is 3.58. The molecule has 0 radical (unpaired) electrons. The number of hydrogen-bond acceptors (Lipinski definition) is 3. The van der Waals surface area contributed by atoms with Crippen LogP contribution in [0.25, 0.3) is 0 Å². The summed E-state index contributed by atoms with van der Waals surface area (Å²) in [6.45, 7) is 0. The summed E-state index contributed by atoms with van der Waals surface area (Å²) < 4.78 is 1.06. The minimum atomic E-state index is 0.400. The van der Waals surface area contributed by atoms with Gasteiger partial charge >= 0.3 is 0 Å². The lowest BCUT2D eigenvalue weighted by molar-refractivity contribution is 0.109. The molecule has 2 bridgehead atoms. The average Bonchev–Trinajstić information content (AvgIpc) is 2.39. The molecule has 4 rings (SSSR count). The van der Waals surface area contributed by atoms with Gasteiger partial charge in [-0.1, -0.05) is 12.1 Å². The zero-order valence-corrected chi connectivity index (χ0v) is 11.1. The molecule has 0 N–H and O–H groups in total. The lowest BCUT2D eigenvalue weighted by atomic mass is 9.87. The lowest BCUT2D eigenvalue weighted by Crippen LogP contribution is -2.59. The van der Waals surface area contributed by atoms with Crippen LogP contribution in [-0.4, -0.2) is 17.1 Å². The molecule has 4 heteroatoms. The first-order valence-electron chi connectivity index (χ1n) is 6.04. The highest BCUT2D eigenvalue weighted by molar-refractivity contribution is 9.10. The molecule has 17 heavy (non-hydrogen) atoms.